The standard InChI is InChI=1S/5C15H24/c1-12(2)8-7-9-15(14(5)6)11-10-13(3)4;2*1-6-14(4)10-8-12-15(5)11-7-9-13(2)3;1-6-14(4)11-12-15(5)10-8-7-9-13(2)3;1-6-13(3)9-8-10-15(5)12-11-14(4)7-2/h8,10-11,15H,3,5,7,9H2,1-2,4,6H3;6-7,9,12H,2,8,10-11H2,1,3-5H3;6,9,12H,1,4,7-8,10-11H2,2-3,5H3;6-7,9,12H,2,8,10-11H2,1,3-5H3;6-8,10,12H,9,11H2,1-5H3/b11-10+;9-7+,14-6+,15-12+;15-12+;9-7+,14-6+,15-12+;10-8+,13-6+,14-7+,15-12+. The van der Waals surface area contributed by atoms with E-state index in [4.69, 9.17) is 0 Å². The van der Waals surface area contributed by atoms with Crippen molar-refractivity contribution in [2.24, 2.45) is 5.92 Å². The van der Waals surface area contributed by atoms with Gasteiger partial charge < -0.3 is 0 Å². The molecule has 0 saturated carbocycles. The summed E-state index contributed by atoms with van der Waals surface area (Å²) >= 11 is 0. The van der Waals surface area contributed by atoms with Crippen LogP contribution in [-0.2, 0) is 0 Å². The molecule has 1 unspecified atom stereocenters. The Kier molecular flexibility index (Phi) is 57.7. The number of allylic oxidation sites excluding steroid dienone is 34. The lowest BCUT2D eigenvalue weighted by Gasteiger charge is -2.11. The highest BCUT2D eigenvalue weighted by Crippen LogP contribution is 2.19. The van der Waals surface area contributed by atoms with Crippen molar-refractivity contribution in [3.63, 3.8) is 0 Å². The average molecular weight is 1020 g/mol. The van der Waals surface area contributed by atoms with Crippen LogP contribution in [0.15, 0.2) is 239 Å². The molecule has 0 aliphatic heterocycles. The predicted molar refractivity (Wildman–Crippen MR) is 355 cm³/mol. The zero-order chi connectivity index (χ0) is 58.6. The molecular weight excluding hydrogens is 901 g/mol. The molecule has 0 spiro atoms. The van der Waals surface area contributed by atoms with E-state index in [1.54, 1.807) is 0 Å². The van der Waals surface area contributed by atoms with Crippen LogP contribution in [0.5, 0.6) is 0 Å². The first-order valence-electron chi connectivity index (χ1n) is 28.2. The van der Waals surface area contributed by atoms with E-state index in [0.717, 1.165) is 99.3 Å². The molecule has 0 heterocycles. The van der Waals surface area contributed by atoms with E-state index in [9.17, 15) is 0 Å². The molecule has 0 rings (SSSR count). The number of rotatable bonds is 30. The summed E-state index contributed by atoms with van der Waals surface area (Å²) in [6, 6.07) is 0. The lowest BCUT2D eigenvalue weighted by molar-refractivity contribution is 0.684. The lowest BCUT2D eigenvalue weighted by Crippen LogP contribution is -1.96. The Labute approximate surface area is 470 Å². The Hall–Kier alpha value is -5.20. The van der Waals surface area contributed by atoms with Gasteiger partial charge in [-0.25, -0.2) is 0 Å². The van der Waals surface area contributed by atoms with Gasteiger partial charge in [0.2, 0.25) is 0 Å². The van der Waals surface area contributed by atoms with E-state index in [-0.39, 0.29) is 0 Å². The molecule has 420 valence electrons. The third kappa shape index (κ3) is 68.8. The van der Waals surface area contributed by atoms with Gasteiger partial charge in [-0.15, -0.1) is 0 Å². The third-order valence-electron chi connectivity index (χ3n) is 11.9. The van der Waals surface area contributed by atoms with Gasteiger partial charge in [-0.05, 0) is 234 Å². The van der Waals surface area contributed by atoms with Gasteiger partial charge in [0.1, 0.15) is 0 Å². The first-order chi connectivity index (χ1) is 35.2. The highest BCUT2D eigenvalue weighted by atomic mass is 14.1. The van der Waals surface area contributed by atoms with Crippen LogP contribution in [0.1, 0.15) is 228 Å². The molecule has 75 heavy (non-hydrogen) atoms. The van der Waals surface area contributed by atoms with Gasteiger partial charge in [0, 0.05) is 0 Å². The predicted octanol–water partition coefficient (Wildman–Crippen LogP) is 25.9. The van der Waals surface area contributed by atoms with E-state index < -0.39 is 0 Å². The monoisotopic (exact) mass is 1020 g/mol. The molecule has 1 atom stereocenters. The molecule has 0 saturated heterocycles. The van der Waals surface area contributed by atoms with Crippen molar-refractivity contribution in [3.05, 3.63) is 239 Å². The summed E-state index contributed by atoms with van der Waals surface area (Å²) in [7, 11) is 0. The average Bonchev–Trinajstić information content (AvgIpc) is 3.34. The first kappa shape index (κ1) is 78.7. The summed E-state index contributed by atoms with van der Waals surface area (Å²) < 4.78 is 0. The Bertz CT molecular complexity index is 2060. The van der Waals surface area contributed by atoms with E-state index in [1.807, 2.05) is 26.8 Å². The van der Waals surface area contributed by atoms with Crippen LogP contribution in [-0.4, -0.2) is 0 Å². The second-order valence-corrected chi connectivity index (χ2v) is 21.2. The van der Waals surface area contributed by atoms with Gasteiger partial charge in [-0.1, -0.05) is 239 Å². The lowest BCUT2D eigenvalue weighted by atomic mass is 9.95. The second-order valence-electron chi connectivity index (χ2n) is 21.2. The molecule has 0 radical (unpaired) electrons. The maximum absolute atomic E-state index is 4.03. The molecule has 0 fully saturated rings. The molecule has 0 N–H and O–H groups in total. The van der Waals surface area contributed by atoms with Crippen LogP contribution in [0.3, 0.4) is 0 Å². The minimum atomic E-state index is 0.484. The summed E-state index contributed by atoms with van der Waals surface area (Å²) in [5.41, 5.74) is 20.0. The summed E-state index contributed by atoms with van der Waals surface area (Å²) in [6.45, 7) is 65.7. The summed E-state index contributed by atoms with van der Waals surface area (Å²) in [5, 5.41) is 0. The van der Waals surface area contributed by atoms with E-state index in [0.29, 0.717) is 5.92 Å². The van der Waals surface area contributed by atoms with Gasteiger partial charge in [-0.3, -0.25) is 0 Å². The van der Waals surface area contributed by atoms with Crippen molar-refractivity contribution in [3.8, 4) is 0 Å². The highest BCUT2D eigenvalue weighted by molar-refractivity contribution is 5.21. The van der Waals surface area contributed by atoms with Crippen LogP contribution < -0.4 is 0 Å². The molecule has 0 heteroatoms. The van der Waals surface area contributed by atoms with Gasteiger partial charge in [0.15, 0.2) is 0 Å². The minimum Gasteiger partial charge on any atom is -0.0995 e. The zero-order valence-electron chi connectivity index (χ0n) is 53.2. The fourth-order valence-electron chi connectivity index (χ4n) is 6.06. The molecule has 0 aliphatic carbocycles. The quantitative estimate of drug-likeness (QED) is 0.0497. The van der Waals surface area contributed by atoms with Gasteiger partial charge >= 0.3 is 0 Å². The maximum Gasteiger partial charge on any atom is -0.00226 e. The Morgan fingerprint density at radius 3 is 1.25 bits per heavy atom. The Morgan fingerprint density at radius 2 is 0.760 bits per heavy atom. The third-order valence-corrected chi connectivity index (χ3v) is 11.9. The van der Waals surface area contributed by atoms with Crippen LogP contribution in [0.25, 0.3) is 0 Å². The highest BCUT2D eigenvalue weighted by Gasteiger charge is 2.04. The number of hydrogen-bond acceptors (Lipinski definition) is 0. The Balaban J connectivity index is -0.000000272. The summed E-state index contributed by atoms with van der Waals surface area (Å²) in [4.78, 5) is 0. The smallest absolute Gasteiger partial charge is 0.00226 e. The van der Waals surface area contributed by atoms with Gasteiger partial charge in [0.05, 0.1) is 0 Å². The van der Waals surface area contributed by atoms with Crippen LogP contribution in [0.4, 0.5) is 0 Å². The first-order valence-corrected chi connectivity index (χ1v) is 28.2. The molecule has 0 aliphatic rings. The molecule has 0 aromatic rings. The molecule has 0 aromatic heterocycles. The summed E-state index contributed by atoms with van der Waals surface area (Å²) in [6.07, 6.45) is 57.2. The largest absolute Gasteiger partial charge is 0.0995 e. The Morgan fingerprint density at radius 1 is 0.360 bits per heavy atom. The normalized spacial score (nSPS) is 13.2. The topological polar surface area (TPSA) is 0 Å². The SMILES string of the molecule is C/C=C(\C)C/C=C/C(C)=C/C/C(C)=C/C.C=C(C)/C=C/C(CCC=C(C)C)C(=C)C.C=C(C)/C=C/C/C(C)=C/CC/C(C)=C/C.C=C(C)/C=C/CC/C(C)=C/C/C(C)=C/C.C=CC(=C)CC/C=C(\C)CCC=C(C)C. The molecule has 0 aromatic carbocycles. The van der Waals surface area contributed by atoms with Gasteiger partial charge in [-0.2, -0.15) is 0 Å². The minimum absolute atomic E-state index is 0.484. The van der Waals surface area contributed by atoms with Crippen molar-refractivity contribution >= 4 is 0 Å². The molecular formula is C75H120. The van der Waals surface area contributed by atoms with Crippen molar-refractivity contribution < 1.29 is 0 Å². The zero-order valence-corrected chi connectivity index (χ0v) is 53.2. The summed E-state index contributed by atoms with van der Waals surface area (Å²) in [5.74, 6) is 0.484. The van der Waals surface area contributed by atoms with Gasteiger partial charge in [0.25, 0.3) is 0 Å². The molecule has 0 amide bonds. The van der Waals surface area contributed by atoms with E-state index in [2.05, 4.69) is 267 Å². The van der Waals surface area contributed by atoms with Crippen LogP contribution in [0, 0.1) is 5.92 Å². The fourth-order valence-corrected chi connectivity index (χ4v) is 6.06. The van der Waals surface area contributed by atoms with Crippen molar-refractivity contribution in [2.75, 3.05) is 0 Å². The number of hydrogen-bond donors (Lipinski definition) is 0. The molecule has 0 nitrogen and oxygen atoms in total. The maximum atomic E-state index is 4.03. The van der Waals surface area contributed by atoms with Crippen molar-refractivity contribution in [2.45, 2.75) is 228 Å². The van der Waals surface area contributed by atoms with Crippen molar-refractivity contribution in [1.82, 2.24) is 0 Å². The van der Waals surface area contributed by atoms with Crippen LogP contribution in [0.2, 0.25) is 0 Å². The van der Waals surface area contributed by atoms with E-state index in [1.165, 1.54) is 74.1 Å². The fraction of sp³-hybridized carbons (Fsp3) is 0.467. The van der Waals surface area contributed by atoms with Crippen molar-refractivity contribution in [1.29, 1.82) is 0 Å². The second kappa shape index (κ2) is 55.0. The molecule has 0 bridgehead atoms. The van der Waals surface area contributed by atoms with Crippen LogP contribution >= 0.6 is 0 Å². The van der Waals surface area contributed by atoms with E-state index >= 15 is 0 Å².